The van der Waals surface area contributed by atoms with Gasteiger partial charge in [-0.3, -0.25) is 9.59 Å². The molecule has 2 amide bonds. The van der Waals surface area contributed by atoms with Crippen molar-refractivity contribution in [2.75, 3.05) is 26.2 Å². The van der Waals surface area contributed by atoms with Crippen LogP contribution < -0.4 is 10.6 Å². The molecular weight excluding hydrogens is 410 g/mol. The van der Waals surface area contributed by atoms with Crippen molar-refractivity contribution in [1.29, 1.82) is 0 Å². The van der Waals surface area contributed by atoms with Gasteiger partial charge in [-0.15, -0.1) is 0 Å². The van der Waals surface area contributed by atoms with Crippen LogP contribution in [0.15, 0.2) is 29.2 Å². The molecule has 10 heteroatoms. The van der Waals surface area contributed by atoms with Gasteiger partial charge in [-0.05, 0) is 38.0 Å². The van der Waals surface area contributed by atoms with Crippen LogP contribution in [-0.2, 0) is 24.3 Å². The average molecular weight is 438 g/mol. The predicted molar refractivity (Wildman–Crippen MR) is 108 cm³/mol. The van der Waals surface area contributed by atoms with Gasteiger partial charge in [-0.25, -0.2) is 13.2 Å². The number of benzene rings is 1. The van der Waals surface area contributed by atoms with E-state index in [0.29, 0.717) is 12.8 Å². The molecule has 0 aromatic heterocycles. The first kappa shape index (κ1) is 22.2. The molecule has 0 spiro atoms. The van der Waals surface area contributed by atoms with E-state index in [1.165, 1.54) is 24.3 Å². The number of hydrogen-bond acceptors (Lipinski definition) is 6. The van der Waals surface area contributed by atoms with Crippen LogP contribution in [0.1, 0.15) is 49.4 Å². The minimum Gasteiger partial charge on any atom is -0.464 e. The van der Waals surface area contributed by atoms with Crippen LogP contribution in [0, 0.1) is 0 Å². The molecule has 9 nitrogen and oxygen atoms in total. The summed E-state index contributed by atoms with van der Waals surface area (Å²) in [6, 6.07) is 5.64. The smallest absolute Gasteiger partial charge is 0.331 e. The first-order chi connectivity index (χ1) is 14.3. The Morgan fingerprint density at radius 1 is 1.23 bits per heavy atom. The van der Waals surface area contributed by atoms with E-state index in [1.807, 2.05) is 0 Å². The summed E-state index contributed by atoms with van der Waals surface area (Å²) in [7, 11) is -3.92. The number of nitrogens with zero attached hydrogens (tertiary/aromatic N) is 1. The number of carbonyl (C=O) groups is 3. The number of piperazine rings is 1. The lowest BCUT2D eigenvalue weighted by Gasteiger charge is -2.35. The SMILES string of the molecule is CCOC(=O)C1(NC(=O)c2cccc(S(=O)(=O)N3CCNC(=O)C3)c2)CCCCC1. The highest BCUT2D eigenvalue weighted by Crippen LogP contribution is 2.30. The molecule has 1 heterocycles. The number of hydrogen-bond donors (Lipinski definition) is 2. The Labute approximate surface area is 176 Å². The van der Waals surface area contributed by atoms with E-state index in [0.717, 1.165) is 23.6 Å². The number of nitrogens with one attached hydrogen (secondary N) is 2. The molecule has 2 N–H and O–H groups in total. The number of rotatable bonds is 6. The average Bonchev–Trinajstić information content (AvgIpc) is 2.74. The molecule has 30 heavy (non-hydrogen) atoms. The lowest BCUT2D eigenvalue weighted by atomic mass is 9.81. The largest absolute Gasteiger partial charge is 0.464 e. The van der Waals surface area contributed by atoms with E-state index in [9.17, 15) is 22.8 Å². The van der Waals surface area contributed by atoms with Crippen molar-refractivity contribution >= 4 is 27.8 Å². The van der Waals surface area contributed by atoms with Crippen LogP contribution >= 0.6 is 0 Å². The van der Waals surface area contributed by atoms with Crippen molar-refractivity contribution in [3.63, 3.8) is 0 Å². The molecule has 164 valence electrons. The van der Waals surface area contributed by atoms with Gasteiger partial charge in [-0.1, -0.05) is 25.3 Å². The Kier molecular flexibility index (Phi) is 6.77. The molecule has 1 aromatic carbocycles. The number of carbonyl (C=O) groups excluding carboxylic acids is 3. The summed E-state index contributed by atoms with van der Waals surface area (Å²) in [5, 5.41) is 5.40. The van der Waals surface area contributed by atoms with Crippen LogP contribution in [-0.4, -0.2) is 62.3 Å². The van der Waals surface area contributed by atoms with E-state index in [1.54, 1.807) is 6.92 Å². The Hall–Kier alpha value is -2.46. The van der Waals surface area contributed by atoms with Crippen LogP contribution in [0.2, 0.25) is 0 Å². The highest BCUT2D eigenvalue weighted by molar-refractivity contribution is 7.89. The Bertz CT molecular complexity index is 924. The molecule has 1 saturated heterocycles. The second kappa shape index (κ2) is 9.13. The molecule has 0 unspecified atom stereocenters. The van der Waals surface area contributed by atoms with Crippen LogP contribution in [0.25, 0.3) is 0 Å². The van der Waals surface area contributed by atoms with Gasteiger partial charge in [-0.2, -0.15) is 4.31 Å². The van der Waals surface area contributed by atoms with E-state index >= 15 is 0 Å². The second-order valence-electron chi connectivity index (χ2n) is 7.53. The van der Waals surface area contributed by atoms with Gasteiger partial charge in [0.15, 0.2) is 0 Å². The molecule has 2 aliphatic rings. The molecule has 0 bridgehead atoms. The third-order valence-electron chi connectivity index (χ3n) is 5.46. The molecule has 2 fully saturated rings. The van der Waals surface area contributed by atoms with Crippen LogP contribution in [0.3, 0.4) is 0 Å². The van der Waals surface area contributed by atoms with Gasteiger partial charge >= 0.3 is 5.97 Å². The Morgan fingerprint density at radius 3 is 2.63 bits per heavy atom. The summed E-state index contributed by atoms with van der Waals surface area (Å²) in [4.78, 5) is 37.0. The van der Waals surface area contributed by atoms with Crippen molar-refractivity contribution in [3.8, 4) is 0 Å². The third-order valence-corrected chi connectivity index (χ3v) is 7.30. The maximum absolute atomic E-state index is 12.9. The van der Waals surface area contributed by atoms with Gasteiger partial charge in [0, 0.05) is 18.7 Å². The second-order valence-corrected chi connectivity index (χ2v) is 9.47. The predicted octanol–water partition coefficient (Wildman–Crippen LogP) is 0.803. The summed E-state index contributed by atoms with van der Waals surface area (Å²) < 4.78 is 32.1. The lowest BCUT2D eigenvalue weighted by Crippen LogP contribution is -2.56. The van der Waals surface area contributed by atoms with E-state index in [4.69, 9.17) is 4.74 Å². The molecule has 1 saturated carbocycles. The topological polar surface area (TPSA) is 122 Å². The minimum absolute atomic E-state index is 0.0707. The molecule has 0 radical (unpaired) electrons. The number of sulfonamides is 1. The van der Waals surface area contributed by atoms with Crippen molar-refractivity contribution < 1.29 is 27.5 Å². The Morgan fingerprint density at radius 2 is 1.97 bits per heavy atom. The first-order valence-corrected chi connectivity index (χ1v) is 11.6. The summed E-state index contributed by atoms with van der Waals surface area (Å²) in [6.07, 6.45) is 3.54. The summed E-state index contributed by atoms with van der Waals surface area (Å²) in [5.41, 5.74) is -0.961. The van der Waals surface area contributed by atoms with Gasteiger partial charge < -0.3 is 15.4 Å². The highest BCUT2D eigenvalue weighted by atomic mass is 32.2. The molecule has 1 aliphatic carbocycles. The third kappa shape index (κ3) is 4.65. The monoisotopic (exact) mass is 437 g/mol. The maximum atomic E-state index is 12.9. The van der Waals surface area contributed by atoms with Crippen molar-refractivity contribution in [2.45, 2.75) is 49.5 Å². The van der Waals surface area contributed by atoms with E-state index < -0.39 is 27.4 Å². The minimum atomic E-state index is -3.92. The molecule has 0 atom stereocenters. The fraction of sp³-hybridized carbons (Fsp3) is 0.550. The van der Waals surface area contributed by atoms with Gasteiger partial charge in [0.2, 0.25) is 15.9 Å². The van der Waals surface area contributed by atoms with Crippen molar-refractivity contribution in [2.24, 2.45) is 0 Å². The molecular formula is C20H27N3O6S. The van der Waals surface area contributed by atoms with Crippen molar-refractivity contribution in [1.82, 2.24) is 14.9 Å². The summed E-state index contributed by atoms with van der Waals surface area (Å²) in [6.45, 7) is 2.07. The van der Waals surface area contributed by atoms with E-state index in [2.05, 4.69) is 10.6 Å². The zero-order chi connectivity index (χ0) is 21.8. The number of esters is 1. The zero-order valence-electron chi connectivity index (χ0n) is 17.0. The summed E-state index contributed by atoms with van der Waals surface area (Å²) in [5.74, 6) is -1.35. The first-order valence-electron chi connectivity index (χ1n) is 10.2. The standard InChI is InChI=1S/C20H27N3O6S/c1-2-29-19(26)20(9-4-3-5-10-20)22-18(25)15-7-6-8-16(13-15)30(27,28)23-12-11-21-17(24)14-23/h6-8,13H,2-5,9-12,14H2,1H3,(H,21,24)(H,22,25). The molecule has 1 aromatic rings. The number of amides is 2. The maximum Gasteiger partial charge on any atom is 0.331 e. The normalized spacial score (nSPS) is 19.6. The summed E-state index contributed by atoms with van der Waals surface area (Å²) >= 11 is 0. The van der Waals surface area contributed by atoms with Gasteiger partial charge in [0.25, 0.3) is 5.91 Å². The molecule has 3 rings (SSSR count). The van der Waals surface area contributed by atoms with Crippen LogP contribution in [0.4, 0.5) is 0 Å². The highest BCUT2D eigenvalue weighted by Gasteiger charge is 2.42. The Balaban J connectivity index is 1.83. The van der Waals surface area contributed by atoms with Gasteiger partial charge in [0.1, 0.15) is 5.54 Å². The quantitative estimate of drug-likeness (QED) is 0.635. The van der Waals surface area contributed by atoms with Crippen LogP contribution in [0.5, 0.6) is 0 Å². The molecule has 1 aliphatic heterocycles. The number of ether oxygens (including phenoxy) is 1. The van der Waals surface area contributed by atoms with Crippen molar-refractivity contribution in [3.05, 3.63) is 29.8 Å². The fourth-order valence-corrected chi connectivity index (χ4v) is 5.30. The lowest BCUT2D eigenvalue weighted by molar-refractivity contribution is -0.152. The zero-order valence-corrected chi connectivity index (χ0v) is 17.8. The fourth-order valence-electron chi connectivity index (χ4n) is 3.86. The van der Waals surface area contributed by atoms with E-state index in [-0.39, 0.29) is 42.6 Å². The van der Waals surface area contributed by atoms with Gasteiger partial charge in [0.05, 0.1) is 18.0 Å².